The first-order valence-corrected chi connectivity index (χ1v) is 10.4. The van der Waals surface area contributed by atoms with Crippen molar-refractivity contribution in [3.63, 3.8) is 0 Å². The van der Waals surface area contributed by atoms with Gasteiger partial charge in [0.15, 0.2) is 0 Å². The van der Waals surface area contributed by atoms with E-state index in [0.717, 1.165) is 13.0 Å². The number of aliphatic hydroxyl groups is 2. The first-order chi connectivity index (χ1) is 11.1. The predicted molar refractivity (Wildman–Crippen MR) is 102 cm³/mol. The fourth-order valence-corrected chi connectivity index (χ4v) is 2.97. The van der Waals surface area contributed by atoms with Gasteiger partial charge in [-0.05, 0) is 13.0 Å². The smallest absolute Gasteiger partial charge is 0.0802 e. The van der Waals surface area contributed by atoms with Crippen molar-refractivity contribution < 1.29 is 10.2 Å². The van der Waals surface area contributed by atoms with Gasteiger partial charge in [0.05, 0.1) is 12.2 Å². The van der Waals surface area contributed by atoms with E-state index in [4.69, 9.17) is 23.2 Å². The molecule has 2 atom stereocenters. The molecule has 2 unspecified atom stereocenters. The molecule has 3 nitrogen and oxygen atoms in total. The number of unbranched alkanes of at least 4 members (excludes halogenated alkanes) is 9. The van der Waals surface area contributed by atoms with Crippen molar-refractivity contribution in [3.8, 4) is 0 Å². The van der Waals surface area contributed by atoms with Crippen LogP contribution in [0.1, 0.15) is 71.1 Å². The maximum atomic E-state index is 9.69. The second-order valence-corrected chi connectivity index (χ2v) is 7.18. The summed E-state index contributed by atoms with van der Waals surface area (Å²) in [6, 6.07) is 0. The summed E-state index contributed by atoms with van der Waals surface area (Å²) < 4.78 is 0. The third-order valence-electron chi connectivity index (χ3n) is 4.12. The van der Waals surface area contributed by atoms with Crippen LogP contribution in [0.2, 0.25) is 0 Å². The van der Waals surface area contributed by atoms with E-state index < -0.39 is 12.2 Å². The zero-order chi connectivity index (χ0) is 17.3. The van der Waals surface area contributed by atoms with Crippen molar-refractivity contribution in [3.05, 3.63) is 0 Å². The fourth-order valence-electron chi connectivity index (χ4n) is 2.77. The van der Waals surface area contributed by atoms with Crippen LogP contribution in [-0.4, -0.2) is 58.7 Å². The molecular formula is C18H37Cl2NO2. The van der Waals surface area contributed by atoms with Gasteiger partial charge < -0.3 is 10.2 Å². The highest BCUT2D eigenvalue weighted by molar-refractivity contribution is 6.18. The molecule has 0 aromatic heterocycles. The molecule has 0 spiro atoms. The molecule has 0 fully saturated rings. The molecule has 0 aromatic rings. The Balaban J connectivity index is 3.65. The lowest BCUT2D eigenvalue weighted by Crippen LogP contribution is -2.39. The third-order valence-corrected chi connectivity index (χ3v) is 4.83. The Kier molecular flexibility index (Phi) is 17.6. The molecule has 0 saturated heterocycles. The summed E-state index contributed by atoms with van der Waals surface area (Å²) in [5.74, 6) is 0.455. The minimum Gasteiger partial charge on any atom is -0.391 e. The molecule has 140 valence electrons. The zero-order valence-electron chi connectivity index (χ0n) is 14.9. The van der Waals surface area contributed by atoms with Gasteiger partial charge in [0, 0.05) is 24.8 Å². The quantitative estimate of drug-likeness (QED) is 0.294. The first kappa shape index (κ1) is 23.5. The van der Waals surface area contributed by atoms with Crippen LogP contribution in [0, 0.1) is 0 Å². The highest BCUT2D eigenvalue weighted by Gasteiger charge is 2.14. The van der Waals surface area contributed by atoms with E-state index in [-0.39, 0.29) is 11.8 Å². The van der Waals surface area contributed by atoms with E-state index in [2.05, 4.69) is 11.8 Å². The van der Waals surface area contributed by atoms with E-state index in [9.17, 15) is 10.2 Å². The molecular weight excluding hydrogens is 333 g/mol. The summed E-state index contributed by atoms with van der Waals surface area (Å²) >= 11 is 11.3. The molecule has 0 aliphatic rings. The van der Waals surface area contributed by atoms with Crippen LogP contribution in [0.5, 0.6) is 0 Å². The highest BCUT2D eigenvalue weighted by Crippen LogP contribution is 2.11. The molecule has 5 heteroatoms. The standard InChI is InChI=1S/C18H37Cl2NO2/c1-2-3-4-5-6-7-8-9-10-11-12-21(15-17(22)13-19)16-18(23)14-20/h17-18,22-23H,2-16H2,1H3. The summed E-state index contributed by atoms with van der Waals surface area (Å²) in [7, 11) is 0. The van der Waals surface area contributed by atoms with Crippen LogP contribution in [0.3, 0.4) is 0 Å². The van der Waals surface area contributed by atoms with Gasteiger partial charge in [-0.3, -0.25) is 4.90 Å². The van der Waals surface area contributed by atoms with E-state index in [0.29, 0.717) is 13.1 Å². The van der Waals surface area contributed by atoms with Gasteiger partial charge >= 0.3 is 0 Å². The molecule has 0 heterocycles. The van der Waals surface area contributed by atoms with Crippen molar-refractivity contribution in [2.75, 3.05) is 31.4 Å². The van der Waals surface area contributed by atoms with Gasteiger partial charge in [-0.25, -0.2) is 0 Å². The Bertz CT molecular complexity index is 233. The van der Waals surface area contributed by atoms with E-state index in [1.165, 1.54) is 57.8 Å². The predicted octanol–water partition coefficient (Wildman–Crippen LogP) is 4.41. The summed E-state index contributed by atoms with van der Waals surface area (Å²) in [4.78, 5) is 2.07. The Labute approximate surface area is 153 Å². The van der Waals surface area contributed by atoms with Gasteiger partial charge in [-0.15, -0.1) is 23.2 Å². The Morgan fingerprint density at radius 2 is 1.09 bits per heavy atom. The molecule has 0 saturated carbocycles. The van der Waals surface area contributed by atoms with E-state index in [1.54, 1.807) is 0 Å². The monoisotopic (exact) mass is 369 g/mol. The normalized spacial score (nSPS) is 14.3. The van der Waals surface area contributed by atoms with Crippen LogP contribution in [0.15, 0.2) is 0 Å². The van der Waals surface area contributed by atoms with Crippen molar-refractivity contribution in [1.29, 1.82) is 0 Å². The highest BCUT2D eigenvalue weighted by atomic mass is 35.5. The molecule has 23 heavy (non-hydrogen) atoms. The van der Waals surface area contributed by atoms with Gasteiger partial charge in [0.1, 0.15) is 0 Å². The maximum Gasteiger partial charge on any atom is 0.0802 e. The SMILES string of the molecule is CCCCCCCCCCCCN(CC(O)CCl)CC(O)CCl. The Morgan fingerprint density at radius 3 is 1.48 bits per heavy atom. The Morgan fingerprint density at radius 1 is 0.696 bits per heavy atom. The number of rotatable bonds is 17. The number of nitrogens with zero attached hydrogens (tertiary/aromatic N) is 1. The van der Waals surface area contributed by atoms with E-state index in [1.807, 2.05) is 0 Å². The minimum absolute atomic E-state index is 0.228. The first-order valence-electron chi connectivity index (χ1n) is 9.34. The molecule has 0 aliphatic heterocycles. The number of hydrogen-bond acceptors (Lipinski definition) is 3. The molecule has 0 radical (unpaired) electrons. The fraction of sp³-hybridized carbons (Fsp3) is 1.00. The van der Waals surface area contributed by atoms with Crippen LogP contribution in [-0.2, 0) is 0 Å². The van der Waals surface area contributed by atoms with Crippen LogP contribution in [0.4, 0.5) is 0 Å². The van der Waals surface area contributed by atoms with Crippen LogP contribution >= 0.6 is 23.2 Å². The summed E-state index contributed by atoms with van der Waals surface area (Å²) in [6.07, 6.45) is 12.0. The maximum absolute atomic E-state index is 9.69. The molecule has 0 amide bonds. The molecule has 0 bridgehead atoms. The summed E-state index contributed by atoms with van der Waals surface area (Å²) in [5.41, 5.74) is 0. The largest absolute Gasteiger partial charge is 0.391 e. The lowest BCUT2D eigenvalue weighted by Gasteiger charge is -2.26. The van der Waals surface area contributed by atoms with Gasteiger partial charge in [-0.2, -0.15) is 0 Å². The Hall–Kier alpha value is 0.460. The van der Waals surface area contributed by atoms with Gasteiger partial charge in [-0.1, -0.05) is 64.7 Å². The number of alkyl halides is 2. The van der Waals surface area contributed by atoms with E-state index >= 15 is 0 Å². The van der Waals surface area contributed by atoms with Crippen molar-refractivity contribution in [1.82, 2.24) is 4.90 Å². The summed E-state index contributed by atoms with van der Waals surface area (Å²) in [6.45, 7) is 4.16. The molecule has 0 aromatic carbocycles. The lowest BCUT2D eigenvalue weighted by atomic mass is 10.1. The van der Waals surface area contributed by atoms with Gasteiger partial charge in [0.25, 0.3) is 0 Å². The van der Waals surface area contributed by atoms with Gasteiger partial charge in [0.2, 0.25) is 0 Å². The molecule has 0 aliphatic carbocycles. The second kappa shape index (κ2) is 17.3. The average Bonchev–Trinajstić information content (AvgIpc) is 2.55. The number of aliphatic hydroxyl groups excluding tert-OH is 2. The topological polar surface area (TPSA) is 43.7 Å². The molecule has 0 rings (SSSR count). The van der Waals surface area contributed by atoms with Crippen LogP contribution < -0.4 is 0 Å². The minimum atomic E-state index is -0.540. The van der Waals surface area contributed by atoms with Crippen molar-refractivity contribution in [2.45, 2.75) is 83.3 Å². The lowest BCUT2D eigenvalue weighted by molar-refractivity contribution is 0.0849. The number of halogens is 2. The molecule has 2 N–H and O–H groups in total. The zero-order valence-corrected chi connectivity index (χ0v) is 16.4. The van der Waals surface area contributed by atoms with Crippen LogP contribution in [0.25, 0.3) is 0 Å². The van der Waals surface area contributed by atoms with Crippen molar-refractivity contribution in [2.24, 2.45) is 0 Å². The number of hydrogen-bond donors (Lipinski definition) is 2. The summed E-state index contributed by atoms with van der Waals surface area (Å²) in [5, 5.41) is 19.4. The van der Waals surface area contributed by atoms with Crippen molar-refractivity contribution >= 4 is 23.2 Å². The second-order valence-electron chi connectivity index (χ2n) is 6.56. The third kappa shape index (κ3) is 15.7. The average molecular weight is 370 g/mol.